The van der Waals surface area contributed by atoms with E-state index in [2.05, 4.69) is 5.16 Å². The zero-order valence-corrected chi connectivity index (χ0v) is 12.5. The maximum atomic E-state index is 7.33. The number of hydrogen-bond acceptors (Lipinski definition) is 5. The van der Waals surface area contributed by atoms with Crippen LogP contribution in [0.2, 0.25) is 0 Å². The molecule has 1 aromatic heterocycles. The highest BCUT2D eigenvalue weighted by atomic mass is 16.5. The summed E-state index contributed by atoms with van der Waals surface area (Å²) in [6.45, 7) is 0. The maximum Gasteiger partial charge on any atom is 0.171 e. The predicted octanol–water partition coefficient (Wildman–Crippen LogP) is 4.01. The molecule has 0 spiro atoms. The average Bonchev–Trinajstić information content (AvgIpc) is 3.11. The van der Waals surface area contributed by atoms with Gasteiger partial charge in [-0.2, -0.15) is 0 Å². The van der Waals surface area contributed by atoms with Crippen molar-refractivity contribution in [3.05, 3.63) is 59.7 Å². The van der Waals surface area contributed by atoms with Crippen molar-refractivity contribution in [3.63, 3.8) is 0 Å². The van der Waals surface area contributed by atoms with Crippen LogP contribution in [0.1, 0.15) is 11.1 Å². The van der Waals surface area contributed by atoms with E-state index in [1.807, 2.05) is 42.5 Å². The Balaban J connectivity index is 2.01. The van der Waals surface area contributed by atoms with Gasteiger partial charge in [0.1, 0.15) is 11.4 Å². The summed E-state index contributed by atoms with van der Waals surface area (Å²) in [5.74, 6) is 1.22. The molecule has 5 nitrogen and oxygen atoms in total. The minimum absolute atomic E-state index is 0.591. The molecular weight excluding hydrogens is 290 g/mol. The molecular formula is C18H15N3O2. The van der Waals surface area contributed by atoms with Crippen molar-refractivity contribution in [1.82, 2.24) is 5.16 Å². The topological polar surface area (TPSA) is 83.0 Å². The first kappa shape index (κ1) is 14.7. The van der Waals surface area contributed by atoms with E-state index in [9.17, 15) is 0 Å². The highest BCUT2D eigenvalue weighted by molar-refractivity contribution is 5.82. The van der Waals surface area contributed by atoms with Crippen molar-refractivity contribution in [2.75, 3.05) is 7.11 Å². The molecule has 2 aromatic carbocycles. The zero-order valence-electron chi connectivity index (χ0n) is 12.5. The summed E-state index contributed by atoms with van der Waals surface area (Å²) in [5.41, 5.74) is 3.92. The van der Waals surface area contributed by atoms with Gasteiger partial charge in [-0.1, -0.05) is 29.4 Å². The minimum atomic E-state index is 0.591. The van der Waals surface area contributed by atoms with Gasteiger partial charge in [-0.15, -0.1) is 0 Å². The minimum Gasteiger partial charge on any atom is -0.496 e. The van der Waals surface area contributed by atoms with Crippen LogP contribution in [0.5, 0.6) is 5.75 Å². The van der Waals surface area contributed by atoms with Gasteiger partial charge in [-0.3, -0.25) is 0 Å². The largest absolute Gasteiger partial charge is 0.496 e. The zero-order chi connectivity index (χ0) is 16.2. The SMILES string of the molecule is COc1cc(C=N)ccc1-c1cc(-c2cccc(C=N)c2)no1. The van der Waals surface area contributed by atoms with E-state index in [4.69, 9.17) is 20.1 Å². The third-order valence-electron chi connectivity index (χ3n) is 3.52. The summed E-state index contributed by atoms with van der Waals surface area (Å²) >= 11 is 0. The van der Waals surface area contributed by atoms with Gasteiger partial charge in [0.05, 0.1) is 12.7 Å². The third-order valence-corrected chi connectivity index (χ3v) is 3.52. The average molecular weight is 305 g/mol. The first-order valence-corrected chi connectivity index (χ1v) is 7.01. The first-order chi connectivity index (χ1) is 11.2. The van der Waals surface area contributed by atoms with Crippen molar-refractivity contribution in [1.29, 1.82) is 10.8 Å². The van der Waals surface area contributed by atoms with Crippen molar-refractivity contribution in [2.45, 2.75) is 0 Å². The molecule has 0 amide bonds. The number of methoxy groups -OCH3 is 1. The number of ether oxygens (including phenoxy) is 1. The second-order valence-electron chi connectivity index (χ2n) is 4.95. The van der Waals surface area contributed by atoms with E-state index < -0.39 is 0 Å². The van der Waals surface area contributed by atoms with Crippen LogP contribution < -0.4 is 4.74 Å². The summed E-state index contributed by atoms with van der Waals surface area (Å²) in [5, 5.41) is 18.7. The van der Waals surface area contributed by atoms with Crippen LogP contribution in [0.4, 0.5) is 0 Å². The molecule has 114 valence electrons. The number of nitrogens with one attached hydrogen (secondary N) is 2. The molecule has 3 aromatic rings. The molecule has 3 rings (SSSR count). The maximum absolute atomic E-state index is 7.33. The van der Waals surface area contributed by atoms with Crippen LogP contribution in [-0.4, -0.2) is 24.7 Å². The molecule has 0 fully saturated rings. The van der Waals surface area contributed by atoms with Crippen LogP contribution in [-0.2, 0) is 0 Å². The van der Waals surface area contributed by atoms with Crippen LogP contribution in [0.25, 0.3) is 22.6 Å². The van der Waals surface area contributed by atoms with Crippen LogP contribution in [0.3, 0.4) is 0 Å². The summed E-state index contributed by atoms with van der Waals surface area (Å²) in [6, 6.07) is 14.8. The Morgan fingerprint density at radius 2 is 1.78 bits per heavy atom. The number of hydrogen-bond donors (Lipinski definition) is 2. The van der Waals surface area contributed by atoms with Crippen molar-refractivity contribution >= 4 is 12.4 Å². The quantitative estimate of drug-likeness (QED) is 0.698. The van der Waals surface area contributed by atoms with Gasteiger partial charge in [-0.05, 0) is 29.3 Å². The van der Waals surface area contributed by atoms with E-state index in [1.54, 1.807) is 13.2 Å². The fourth-order valence-electron chi connectivity index (χ4n) is 2.33. The lowest BCUT2D eigenvalue weighted by Gasteiger charge is -2.06. The lowest BCUT2D eigenvalue weighted by molar-refractivity contribution is 0.406. The molecule has 0 unspecified atom stereocenters. The number of nitrogens with zero attached hydrogens (tertiary/aromatic N) is 1. The Morgan fingerprint density at radius 1 is 1.00 bits per heavy atom. The number of rotatable bonds is 5. The lowest BCUT2D eigenvalue weighted by atomic mass is 10.1. The fraction of sp³-hybridized carbons (Fsp3) is 0.0556. The van der Waals surface area contributed by atoms with Crippen LogP contribution >= 0.6 is 0 Å². The van der Waals surface area contributed by atoms with Gasteiger partial charge in [0.25, 0.3) is 0 Å². The second kappa shape index (κ2) is 6.27. The third kappa shape index (κ3) is 2.89. The molecule has 2 N–H and O–H groups in total. The highest BCUT2D eigenvalue weighted by Gasteiger charge is 2.13. The predicted molar refractivity (Wildman–Crippen MR) is 89.7 cm³/mol. The van der Waals surface area contributed by atoms with E-state index >= 15 is 0 Å². The van der Waals surface area contributed by atoms with Crippen molar-refractivity contribution in [3.8, 4) is 28.3 Å². The molecule has 1 heterocycles. The molecule has 0 bridgehead atoms. The van der Waals surface area contributed by atoms with Gasteiger partial charge in [0, 0.05) is 24.1 Å². The highest BCUT2D eigenvalue weighted by Crippen LogP contribution is 2.33. The van der Waals surface area contributed by atoms with Gasteiger partial charge >= 0.3 is 0 Å². The van der Waals surface area contributed by atoms with Crippen LogP contribution in [0.15, 0.2) is 53.1 Å². The van der Waals surface area contributed by atoms with Crippen molar-refractivity contribution < 1.29 is 9.26 Å². The smallest absolute Gasteiger partial charge is 0.171 e. The van der Waals surface area contributed by atoms with Gasteiger partial charge in [-0.25, -0.2) is 0 Å². The number of aromatic nitrogens is 1. The molecule has 5 heteroatoms. The normalized spacial score (nSPS) is 10.3. The van der Waals surface area contributed by atoms with Gasteiger partial charge in [0.2, 0.25) is 0 Å². The van der Waals surface area contributed by atoms with E-state index in [-0.39, 0.29) is 0 Å². The van der Waals surface area contributed by atoms with E-state index in [0.29, 0.717) is 17.2 Å². The molecule has 0 radical (unpaired) electrons. The lowest BCUT2D eigenvalue weighted by Crippen LogP contribution is -1.89. The molecule has 0 aliphatic carbocycles. The van der Waals surface area contributed by atoms with E-state index in [1.165, 1.54) is 12.4 Å². The Morgan fingerprint density at radius 3 is 2.52 bits per heavy atom. The Hall–Kier alpha value is -3.21. The molecule has 23 heavy (non-hydrogen) atoms. The monoisotopic (exact) mass is 305 g/mol. The fourth-order valence-corrected chi connectivity index (χ4v) is 2.33. The Kier molecular flexibility index (Phi) is 4.01. The summed E-state index contributed by atoms with van der Waals surface area (Å²) in [4.78, 5) is 0. The van der Waals surface area contributed by atoms with E-state index in [0.717, 1.165) is 22.3 Å². The molecule has 0 saturated carbocycles. The number of benzene rings is 2. The first-order valence-electron chi connectivity index (χ1n) is 7.01. The van der Waals surface area contributed by atoms with Crippen LogP contribution in [0, 0.1) is 10.8 Å². The standard InChI is InChI=1S/C18H15N3O2/c1-22-17-8-13(11-20)5-6-15(17)18-9-16(21-23-18)14-4-2-3-12(7-14)10-19/h2-11,19-20H,1H3. The molecule has 0 saturated heterocycles. The van der Waals surface area contributed by atoms with Crippen molar-refractivity contribution in [2.24, 2.45) is 0 Å². The molecule has 0 atom stereocenters. The molecule has 0 aliphatic rings. The Bertz CT molecular complexity index is 868. The second-order valence-corrected chi connectivity index (χ2v) is 4.95. The van der Waals surface area contributed by atoms with Gasteiger partial charge in [0.15, 0.2) is 5.76 Å². The summed E-state index contributed by atoms with van der Waals surface area (Å²) in [7, 11) is 1.58. The summed E-state index contributed by atoms with van der Waals surface area (Å²) in [6.07, 6.45) is 2.56. The van der Waals surface area contributed by atoms with Gasteiger partial charge < -0.3 is 20.1 Å². The molecule has 0 aliphatic heterocycles. The summed E-state index contributed by atoms with van der Waals surface area (Å²) < 4.78 is 10.8. The Labute approximate surface area is 133 Å².